The van der Waals surface area contributed by atoms with E-state index in [1.807, 2.05) is 30.3 Å². The lowest BCUT2D eigenvalue weighted by Gasteiger charge is -2.12. The van der Waals surface area contributed by atoms with Gasteiger partial charge < -0.3 is 10.4 Å². The standard InChI is InChI=1S/C15H16N2O4S/c18-15(19)11-16-13-8-4-5-9-14(13)22(20,21)17-10-12-6-2-1-3-7-12/h1-9,16-17H,10-11H2,(H,18,19). The number of carbonyl (C=O) groups is 1. The van der Waals surface area contributed by atoms with Crippen LogP contribution < -0.4 is 10.0 Å². The highest BCUT2D eigenvalue weighted by Crippen LogP contribution is 2.20. The fraction of sp³-hybridized carbons (Fsp3) is 0.133. The lowest BCUT2D eigenvalue weighted by Crippen LogP contribution is -2.25. The molecular formula is C15H16N2O4S. The number of para-hydroxylation sites is 1. The van der Waals surface area contributed by atoms with E-state index < -0.39 is 16.0 Å². The maximum Gasteiger partial charge on any atom is 0.322 e. The number of sulfonamides is 1. The highest BCUT2D eigenvalue weighted by atomic mass is 32.2. The molecule has 0 aliphatic rings. The fourth-order valence-electron chi connectivity index (χ4n) is 1.87. The SMILES string of the molecule is O=C(O)CNc1ccccc1S(=O)(=O)NCc1ccccc1. The molecule has 0 spiro atoms. The van der Waals surface area contributed by atoms with Crippen molar-refractivity contribution in [2.24, 2.45) is 0 Å². The van der Waals surface area contributed by atoms with Crippen molar-refractivity contribution in [3.63, 3.8) is 0 Å². The second kappa shape index (κ2) is 7.06. The lowest BCUT2D eigenvalue weighted by atomic mass is 10.2. The third kappa shape index (κ3) is 4.31. The van der Waals surface area contributed by atoms with Gasteiger partial charge in [-0.1, -0.05) is 42.5 Å². The van der Waals surface area contributed by atoms with Crippen molar-refractivity contribution in [2.45, 2.75) is 11.4 Å². The number of carboxylic acids is 1. The highest BCUT2D eigenvalue weighted by molar-refractivity contribution is 7.89. The molecule has 22 heavy (non-hydrogen) atoms. The average Bonchev–Trinajstić information content (AvgIpc) is 2.52. The molecule has 6 nitrogen and oxygen atoms in total. The first-order valence-corrected chi connectivity index (χ1v) is 8.05. The predicted octanol–water partition coefficient (Wildman–Crippen LogP) is 1.66. The Morgan fingerprint density at radius 3 is 2.32 bits per heavy atom. The zero-order valence-corrected chi connectivity index (χ0v) is 12.5. The summed E-state index contributed by atoms with van der Waals surface area (Å²) in [5.41, 5.74) is 1.09. The fourth-order valence-corrected chi connectivity index (χ4v) is 3.07. The summed E-state index contributed by atoms with van der Waals surface area (Å²) in [4.78, 5) is 10.6. The van der Waals surface area contributed by atoms with Gasteiger partial charge in [0.25, 0.3) is 0 Å². The molecule has 3 N–H and O–H groups in total. The summed E-state index contributed by atoms with van der Waals surface area (Å²) in [6.45, 7) is -0.193. The summed E-state index contributed by atoms with van der Waals surface area (Å²) in [6, 6.07) is 15.3. The first kappa shape index (κ1) is 16.0. The van der Waals surface area contributed by atoms with Crippen LogP contribution in [0.4, 0.5) is 5.69 Å². The summed E-state index contributed by atoms with van der Waals surface area (Å²) in [5, 5.41) is 11.3. The maximum absolute atomic E-state index is 12.4. The van der Waals surface area contributed by atoms with E-state index in [4.69, 9.17) is 5.11 Å². The van der Waals surface area contributed by atoms with Crippen LogP contribution in [0.2, 0.25) is 0 Å². The molecule has 0 aliphatic carbocycles. The van der Waals surface area contributed by atoms with Gasteiger partial charge in [-0.15, -0.1) is 0 Å². The Balaban J connectivity index is 2.16. The number of carboxylic acid groups (broad SMARTS) is 1. The van der Waals surface area contributed by atoms with Crippen LogP contribution in [-0.4, -0.2) is 26.0 Å². The number of hydrogen-bond donors (Lipinski definition) is 3. The monoisotopic (exact) mass is 320 g/mol. The molecule has 0 amide bonds. The average molecular weight is 320 g/mol. The van der Waals surface area contributed by atoms with Gasteiger partial charge in [-0.2, -0.15) is 0 Å². The molecular weight excluding hydrogens is 304 g/mol. The van der Waals surface area contributed by atoms with Crippen molar-refractivity contribution in [1.82, 2.24) is 4.72 Å². The Kier molecular flexibility index (Phi) is 5.13. The Bertz CT molecular complexity index is 745. The normalized spacial score (nSPS) is 11.1. The first-order chi connectivity index (χ1) is 10.5. The summed E-state index contributed by atoms with van der Waals surface area (Å²) in [6.07, 6.45) is 0. The van der Waals surface area contributed by atoms with E-state index in [0.717, 1.165) is 5.56 Å². The van der Waals surface area contributed by atoms with Crippen LogP contribution in [0.5, 0.6) is 0 Å². The minimum Gasteiger partial charge on any atom is -0.480 e. The van der Waals surface area contributed by atoms with Crippen molar-refractivity contribution in [3.05, 3.63) is 60.2 Å². The van der Waals surface area contributed by atoms with Crippen LogP contribution in [-0.2, 0) is 21.4 Å². The van der Waals surface area contributed by atoms with Gasteiger partial charge >= 0.3 is 5.97 Å². The topological polar surface area (TPSA) is 95.5 Å². The van der Waals surface area contributed by atoms with Crippen LogP contribution in [0, 0.1) is 0 Å². The number of benzene rings is 2. The van der Waals surface area contributed by atoms with Gasteiger partial charge in [-0.25, -0.2) is 13.1 Å². The molecule has 0 aliphatic heterocycles. The van der Waals surface area contributed by atoms with E-state index in [1.54, 1.807) is 12.1 Å². The van der Waals surface area contributed by atoms with E-state index in [9.17, 15) is 13.2 Å². The zero-order valence-electron chi connectivity index (χ0n) is 11.7. The molecule has 7 heteroatoms. The summed E-state index contributed by atoms with van der Waals surface area (Å²) in [7, 11) is -3.74. The van der Waals surface area contributed by atoms with Crippen molar-refractivity contribution in [2.75, 3.05) is 11.9 Å². The number of aliphatic carboxylic acids is 1. The van der Waals surface area contributed by atoms with Gasteiger partial charge in [0.15, 0.2) is 0 Å². The Morgan fingerprint density at radius 2 is 1.64 bits per heavy atom. The molecule has 116 valence electrons. The molecule has 2 aromatic carbocycles. The second-order valence-corrected chi connectivity index (χ2v) is 6.29. The van der Waals surface area contributed by atoms with Crippen LogP contribution in [0.1, 0.15) is 5.56 Å². The summed E-state index contributed by atoms with van der Waals surface area (Å²) in [5.74, 6) is -1.07. The summed E-state index contributed by atoms with van der Waals surface area (Å²) >= 11 is 0. The lowest BCUT2D eigenvalue weighted by molar-refractivity contribution is -0.134. The molecule has 2 aromatic rings. The van der Waals surface area contributed by atoms with E-state index in [1.165, 1.54) is 12.1 Å². The van der Waals surface area contributed by atoms with Crippen LogP contribution in [0.15, 0.2) is 59.5 Å². The van der Waals surface area contributed by atoms with Gasteiger partial charge in [-0.3, -0.25) is 4.79 Å². The molecule has 0 atom stereocenters. The number of rotatable bonds is 7. The highest BCUT2D eigenvalue weighted by Gasteiger charge is 2.18. The number of nitrogens with one attached hydrogen (secondary N) is 2. The minimum absolute atomic E-state index is 0.0205. The van der Waals surface area contributed by atoms with Gasteiger partial charge in [0, 0.05) is 6.54 Å². The molecule has 2 rings (SSSR count). The maximum atomic E-state index is 12.4. The van der Waals surface area contributed by atoms with Gasteiger partial charge in [-0.05, 0) is 17.7 Å². The van der Waals surface area contributed by atoms with Gasteiger partial charge in [0.05, 0.1) is 5.69 Å². The molecule has 0 heterocycles. The minimum atomic E-state index is -3.74. The number of anilines is 1. The largest absolute Gasteiger partial charge is 0.480 e. The zero-order chi connectivity index (χ0) is 16.0. The molecule has 0 fully saturated rings. The predicted molar refractivity (Wildman–Crippen MR) is 83.0 cm³/mol. The molecule has 0 aromatic heterocycles. The molecule has 0 unspecified atom stereocenters. The molecule has 0 radical (unpaired) electrons. The molecule has 0 bridgehead atoms. The third-order valence-electron chi connectivity index (χ3n) is 2.92. The molecule has 0 saturated heterocycles. The van der Waals surface area contributed by atoms with E-state index in [0.29, 0.717) is 0 Å². The quantitative estimate of drug-likeness (QED) is 0.721. The van der Waals surface area contributed by atoms with Crippen molar-refractivity contribution < 1.29 is 18.3 Å². The van der Waals surface area contributed by atoms with Crippen molar-refractivity contribution in [3.8, 4) is 0 Å². The Morgan fingerprint density at radius 1 is 1.00 bits per heavy atom. The Labute approximate surface area is 128 Å². The smallest absolute Gasteiger partial charge is 0.322 e. The molecule has 0 saturated carbocycles. The van der Waals surface area contributed by atoms with Crippen LogP contribution in [0.3, 0.4) is 0 Å². The van der Waals surface area contributed by atoms with E-state index in [2.05, 4.69) is 10.0 Å². The van der Waals surface area contributed by atoms with Crippen molar-refractivity contribution >= 4 is 21.7 Å². The Hall–Kier alpha value is -2.38. The van der Waals surface area contributed by atoms with Gasteiger partial charge in [0.1, 0.15) is 11.4 Å². The number of hydrogen-bond acceptors (Lipinski definition) is 4. The van der Waals surface area contributed by atoms with Crippen molar-refractivity contribution in [1.29, 1.82) is 0 Å². The van der Waals surface area contributed by atoms with E-state index in [-0.39, 0.29) is 23.7 Å². The summed E-state index contributed by atoms with van der Waals surface area (Å²) < 4.78 is 27.2. The first-order valence-electron chi connectivity index (χ1n) is 6.57. The van der Waals surface area contributed by atoms with Crippen LogP contribution in [0.25, 0.3) is 0 Å². The third-order valence-corrected chi connectivity index (χ3v) is 4.38. The van der Waals surface area contributed by atoms with Crippen LogP contribution >= 0.6 is 0 Å². The van der Waals surface area contributed by atoms with Gasteiger partial charge in [0.2, 0.25) is 10.0 Å². The van der Waals surface area contributed by atoms with E-state index >= 15 is 0 Å². The second-order valence-electron chi connectivity index (χ2n) is 4.55.